The lowest BCUT2D eigenvalue weighted by Crippen LogP contribution is -2.30. The van der Waals surface area contributed by atoms with E-state index in [1.165, 1.54) is 12.1 Å². The molecule has 198 valence electrons. The predicted molar refractivity (Wildman–Crippen MR) is 129 cm³/mol. The Balaban J connectivity index is 1.23. The molecule has 2 heterocycles. The van der Waals surface area contributed by atoms with Gasteiger partial charge in [-0.15, -0.1) is 0 Å². The molecule has 2 unspecified atom stereocenters. The van der Waals surface area contributed by atoms with Crippen LogP contribution in [-0.4, -0.2) is 44.8 Å². The summed E-state index contributed by atoms with van der Waals surface area (Å²) in [5.74, 6) is -1.49. The van der Waals surface area contributed by atoms with Crippen molar-refractivity contribution in [1.29, 1.82) is 0 Å². The Morgan fingerprint density at radius 1 is 1.08 bits per heavy atom. The summed E-state index contributed by atoms with van der Waals surface area (Å²) in [5, 5.41) is 14.1. The van der Waals surface area contributed by atoms with Gasteiger partial charge in [-0.2, -0.15) is 18.3 Å². The number of carbonyl (C=O) groups excluding carboxylic acids is 1. The van der Waals surface area contributed by atoms with Crippen LogP contribution in [0.25, 0.3) is 0 Å². The zero-order valence-electron chi connectivity index (χ0n) is 20.9. The Morgan fingerprint density at radius 3 is 2.43 bits per heavy atom. The zero-order valence-corrected chi connectivity index (χ0v) is 20.9. The van der Waals surface area contributed by atoms with Gasteiger partial charge in [0.15, 0.2) is 0 Å². The number of carbonyl (C=O) groups is 2. The third-order valence-electron chi connectivity index (χ3n) is 9.55. The molecule has 6 rings (SSSR count). The Kier molecular flexibility index (Phi) is 5.52. The molecule has 4 aliphatic rings. The zero-order chi connectivity index (χ0) is 26.2. The van der Waals surface area contributed by atoms with Gasteiger partial charge in [-0.05, 0) is 68.4 Å². The third-order valence-corrected chi connectivity index (χ3v) is 9.55. The SMILES string of the molecule is CC1(c2c(C(=O)N3CCC(c4ccccc4C(F)(F)F)C3)cnn2C2CC23CCC(C(=O)O)CC3)CC1. The number of likely N-dealkylation sites (tertiary alicyclic amines) is 1. The first-order chi connectivity index (χ1) is 17.5. The molecule has 1 aromatic heterocycles. The molecule has 1 amide bonds. The van der Waals surface area contributed by atoms with E-state index in [0.717, 1.165) is 43.9 Å². The minimum absolute atomic E-state index is 0.0678. The lowest BCUT2D eigenvalue weighted by molar-refractivity contribution is -0.143. The third kappa shape index (κ3) is 4.14. The van der Waals surface area contributed by atoms with Crippen LogP contribution < -0.4 is 0 Å². The smallest absolute Gasteiger partial charge is 0.416 e. The van der Waals surface area contributed by atoms with E-state index >= 15 is 0 Å². The van der Waals surface area contributed by atoms with Crippen molar-refractivity contribution in [3.63, 3.8) is 0 Å². The number of alkyl halides is 3. The quantitative estimate of drug-likeness (QED) is 0.547. The molecule has 4 fully saturated rings. The van der Waals surface area contributed by atoms with Crippen LogP contribution in [0, 0.1) is 11.3 Å². The molecular weight excluding hydrogens is 483 g/mol. The van der Waals surface area contributed by atoms with Gasteiger partial charge in [0.05, 0.1) is 35.0 Å². The van der Waals surface area contributed by atoms with Gasteiger partial charge in [0.25, 0.3) is 5.91 Å². The number of aliphatic carboxylic acids is 1. The van der Waals surface area contributed by atoms with Gasteiger partial charge in [0.1, 0.15) is 0 Å². The topological polar surface area (TPSA) is 75.4 Å². The summed E-state index contributed by atoms with van der Waals surface area (Å²) in [4.78, 5) is 26.8. The van der Waals surface area contributed by atoms with Crippen LogP contribution in [0.2, 0.25) is 0 Å². The molecule has 0 bridgehead atoms. The molecule has 0 radical (unpaired) electrons. The maximum absolute atomic E-state index is 13.7. The van der Waals surface area contributed by atoms with E-state index < -0.39 is 17.7 Å². The van der Waals surface area contributed by atoms with Gasteiger partial charge in [-0.1, -0.05) is 25.1 Å². The maximum atomic E-state index is 13.7. The molecular formula is C28H32F3N3O3. The fourth-order valence-electron chi connectivity index (χ4n) is 6.91. The van der Waals surface area contributed by atoms with E-state index in [1.807, 2.05) is 4.68 Å². The highest BCUT2D eigenvalue weighted by Crippen LogP contribution is 2.66. The van der Waals surface area contributed by atoms with Gasteiger partial charge in [-0.25, -0.2) is 0 Å². The van der Waals surface area contributed by atoms with E-state index in [4.69, 9.17) is 5.10 Å². The van der Waals surface area contributed by atoms with Crippen molar-refractivity contribution < 1.29 is 27.9 Å². The normalized spacial score (nSPS) is 30.5. The van der Waals surface area contributed by atoms with E-state index in [0.29, 0.717) is 31.4 Å². The molecule has 2 atom stereocenters. The molecule has 1 N–H and O–H groups in total. The molecule has 1 spiro atoms. The highest BCUT2D eigenvalue weighted by Gasteiger charge is 2.59. The predicted octanol–water partition coefficient (Wildman–Crippen LogP) is 5.79. The van der Waals surface area contributed by atoms with Crippen LogP contribution in [-0.2, 0) is 16.4 Å². The summed E-state index contributed by atoms with van der Waals surface area (Å²) in [6.45, 7) is 2.83. The number of aromatic nitrogens is 2. The Labute approximate surface area is 213 Å². The molecule has 3 saturated carbocycles. The van der Waals surface area contributed by atoms with Crippen LogP contribution in [0.4, 0.5) is 13.2 Å². The standard InChI is InChI=1S/C28H32F3N3O3/c1-26(11-12-26)23-20(15-32-34(23)22-14-27(22)9-6-17(7-10-27)25(36)37)24(35)33-13-8-18(16-33)19-4-2-3-5-21(19)28(29,30)31/h2-5,15,17-18,22H,6-14,16H2,1H3,(H,36,37). The first kappa shape index (κ1) is 24.5. The first-order valence-electron chi connectivity index (χ1n) is 13.3. The second kappa shape index (κ2) is 8.33. The maximum Gasteiger partial charge on any atom is 0.416 e. The average Bonchev–Trinajstić information content (AvgIpc) is 3.60. The summed E-state index contributed by atoms with van der Waals surface area (Å²) in [6, 6.07) is 5.86. The summed E-state index contributed by atoms with van der Waals surface area (Å²) in [5.41, 5.74) is 1.12. The number of nitrogens with zero attached hydrogens (tertiary/aromatic N) is 3. The Morgan fingerprint density at radius 2 is 1.78 bits per heavy atom. The Bertz CT molecular complexity index is 1240. The average molecular weight is 516 g/mol. The van der Waals surface area contributed by atoms with Crippen LogP contribution in [0.3, 0.4) is 0 Å². The van der Waals surface area contributed by atoms with Crippen molar-refractivity contribution in [2.24, 2.45) is 11.3 Å². The van der Waals surface area contributed by atoms with E-state index in [-0.39, 0.29) is 46.7 Å². The highest BCUT2D eigenvalue weighted by molar-refractivity contribution is 5.96. The molecule has 37 heavy (non-hydrogen) atoms. The first-order valence-corrected chi connectivity index (χ1v) is 13.3. The summed E-state index contributed by atoms with van der Waals surface area (Å²) in [6.07, 6.45) is 3.72. The summed E-state index contributed by atoms with van der Waals surface area (Å²) < 4.78 is 42.8. The monoisotopic (exact) mass is 515 g/mol. The van der Waals surface area contributed by atoms with E-state index in [1.54, 1.807) is 17.2 Å². The fourth-order valence-corrected chi connectivity index (χ4v) is 6.91. The van der Waals surface area contributed by atoms with E-state index in [9.17, 15) is 27.9 Å². The molecule has 1 aromatic carbocycles. The molecule has 3 aliphatic carbocycles. The van der Waals surface area contributed by atoms with Crippen molar-refractivity contribution in [3.8, 4) is 0 Å². The second-order valence-corrected chi connectivity index (χ2v) is 11.9. The van der Waals surface area contributed by atoms with Gasteiger partial charge in [0.2, 0.25) is 0 Å². The minimum atomic E-state index is -4.42. The fraction of sp³-hybridized carbons (Fsp3) is 0.607. The van der Waals surface area contributed by atoms with Gasteiger partial charge in [0, 0.05) is 24.4 Å². The van der Waals surface area contributed by atoms with Crippen molar-refractivity contribution in [2.75, 3.05) is 13.1 Å². The molecule has 6 nitrogen and oxygen atoms in total. The molecule has 9 heteroatoms. The number of hydrogen-bond acceptors (Lipinski definition) is 3. The van der Waals surface area contributed by atoms with Gasteiger partial charge in [-0.3, -0.25) is 14.3 Å². The van der Waals surface area contributed by atoms with Crippen LogP contribution in [0.15, 0.2) is 30.5 Å². The second-order valence-electron chi connectivity index (χ2n) is 11.9. The number of benzene rings is 1. The minimum Gasteiger partial charge on any atom is -0.481 e. The van der Waals surface area contributed by atoms with E-state index in [2.05, 4.69) is 6.92 Å². The largest absolute Gasteiger partial charge is 0.481 e. The molecule has 1 saturated heterocycles. The van der Waals surface area contributed by atoms with Crippen LogP contribution >= 0.6 is 0 Å². The molecule has 1 aliphatic heterocycles. The van der Waals surface area contributed by atoms with Crippen molar-refractivity contribution in [2.45, 2.75) is 81.8 Å². The van der Waals surface area contributed by atoms with Gasteiger partial charge < -0.3 is 10.0 Å². The van der Waals surface area contributed by atoms with Crippen molar-refractivity contribution in [3.05, 3.63) is 52.8 Å². The number of halogens is 3. The van der Waals surface area contributed by atoms with Crippen LogP contribution in [0.5, 0.6) is 0 Å². The van der Waals surface area contributed by atoms with Gasteiger partial charge >= 0.3 is 12.1 Å². The Hall–Kier alpha value is -2.84. The van der Waals surface area contributed by atoms with Crippen molar-refractivity contribution >= 4 is 11.9 Å². The lowest BCUT2D eigenvalue weighted by Gasteiger charge is -2.28. The van der Waals surface area contributed by atoms with Crippen molar-refractivity contribution in [1.82, 2.24) is 14.7 Å². The summed E-state index contributed by atoms with van der Waals surface area (Å²) >= 11 is 0. The number of rotatable bonds is 5. The lowest BCUT2D eigenvalue weighted by atomic mass is 9.79. The number of carboxylic acid groups (broad SMARTS) is 1. The van der Waals surface area contributed by atoms with Crippen LogP contribution in [0.1, 0.15) is 97.4 Å². The summed E-state index contributed by atoms with van der Waals surface area (Å²) in [7, 11) is 0. The highest BCUT2D eigenvalue weighted by atomic mass is 19.4. The number of amides is 1. The molecule has 2 aromatic rings. The number of carboxylic acids is 1. The number of hydrogen-bond donors (Lipinski definition) is 1.